The number of aryl methyl sites for hydroxylation is 1. The van der Waals surface area contributed by atoms with Crippen LogP contribution in [0.1, 0.15) is 24.3 Å². The first-order chi connectivity index (χ1) is 14.2. The van der Waals surface area contributed by atoms with Crippen molar-refractivity contribution in [1.82, 2.24) is 25.2 Å². The van der Waals surface area contributed by atoms with Crippen molar-refractivity contribution >= 4 is 5.91 Å². The molecule has 152 valence electrons. The van der Waals surface area contributed by atoms with Crippen LogP contribution in [0.25, 0.3) is 11.3 Å². The molecule has 1 aliphatic heterocycles. The Morgan fingerprint density at radius 2 is 2.14 bits per heavy atom. The Morgan fingerprint density at radius 1 is 1.28 bits per heavy atom. The minimum absolute atomic E-state index is 0.00737. The van der Waals surface area contributed by atoms with Gasteiger partial charge in [0, 0.05) is 30.9 Å². The third-order valence-corrected chi connectivity index (χ3v) is 5.28. The Kier molecular flexibility index (Phi) is 6.05. The third kappa shape index (κ3) is 5.32. The predicted octanol–water partition coefficient (Wildman–Crippen LogP) is 2.87. The van der Waals surface area contributed by atoms with Gasteiger partial charge in [-0.2, -0.15) is 5.10 Å². The average molecular weight is 393 g/mol. The van der Waals surface area contributed by atoms with E-state index >= 15 is 0 Å². The summed E-state index contributed by atoms with van der Waals surface area (Å²) in [6, 6.07) is 14.0. The highest BCUT2D eigenvalue weighted by atomic mass is 16.5. The average Bonchev–Trinajstić information content (AvgIpc) is 3.36. The van der Waals surface area contributed by atoms with Gasteiger partial charge in [-0.25, -0.2) is 0 Å². The molecule has 0 aliphatic carbocycles. The number of hydrogen-bond acceptors (Lipinski definition) is 5. The number of nitrogens with one attached hydrogen (secondary N) is 1. The maximum absolute atomic E-state index is 12.2. The van der Waals surface area contributed by atoms with Gasteiger partial charge in [0.25, 0.3) is 0 Å². The lowest BCUT2D eigenvalue weighted by Gasteiger charge is -2.32. The molecule has 7 nitrogen and oxygen atoms in total. The molecule has 0 spiro atoms. The molecule has 0 saturated carbocycles. The van der Waals surface area contributed by atoms with Gasteiger partial charge in [-0.15, -0.1) is 0 Å². The number of amides is 1. The van der Waals surface area contributed by atoms with E-state index in [0.29, 0.717) is 12.5 Å². The Bertz CT molecular complexity index is 934. The third-order valence-electron chi connectivity index (χ3n) is 5.28. The van der Waals surface area contributed by atoms with E-state index < -0.39 is 0 Å². The van der Waals surface area contributed by atoms with Crippen molar-refractivity contribution in [3.63, 3.8) is 0 Å². The summed E-state index contributed by atoms with van der Waals surface area (Å²) in [5.41, 5.74) is 2.85. The van der Waals surface area contributed by atoms with Crippen molar-refractivity contribution in [2.75, 3.05) is 19.6 Å². The Labute approximate surface area is 170 Å². The largest absolute Gasteiger partial charge is 0.359 e. The summed E-state index contributed by atoms with van der Waals surface area (Å²) < 4.78 is 7.23. The second-order valence-corrected chi connectivity index (χ2v) is 7.75. The van der Waals surface area contributed by atoms with Gasteiger partial charge in [0.15, 0.2) is 5.76 Å². The molecule has 1 amide bonds. The number of carbonyl (C=O) groups is 1. The summed E-state index contributed by atoms with van der Waals surface area (Å²) >= 11 is 0. The van der Waals surface area contributed by atoms with Crippen LogP contribution in [-0.4, -0.2) is 45.4 Å². The molecule has 1 saturated heterocycles. The number of rotatable bonds is 7. The van der Waals surface area contributed by atoms with Crippen molar-refractivity contribution < 1.29 is 9.32 Å². The Balaban J connectivity index is 1.25. The SMILES string of the molecule is Cc1ccn(CC(=O)NCC2CCCN(Cc3cc(-c4ccccc4)no3)C2)n1. The standard InChI is InChI=1S/C22H27N5O2/c1-17-9-11-27(24-17)16-22(28)23-13-18-6-5-10-26(14-18)15-20-12-21(25-29-20)19-7-3-2-4-8-19/h2-4,7-9,11-12,18H,5-6,10,13-16H2,1H3,(H,23,28). The van der Waals surface area contributed by atoms with E-state index in [1.54, 1.807) is 4.68 Å². The van der Waals surface area contributed by atoms with Crippen molar-refractivity contribution in [3.05, 3.63) is 60.1 Å². The van der Waals surface area contributed by atoms with E-state index in [-0.39, 0.29) is 12.5 Å². The smallest absolute Gasteiger partial charge is 0.241 e. The maximum atomic E-state index is 12.2. The number of carbonyl (C=O) groups excluding carboxylic acids is 1. The summed E-state index contributed by atoms with van der Waals surface area (Å²) in [5.74, 6) is 1.33. The van der Waals surface area contributed by atoms with Crippen LogP contribution >= 0.6 is 0 Å². The first-order valence-corrected chi connectivity index (χ1v) is 10.2. The number of benzene rings is 1. The fraction of sp³-hybridized carbons (Fsp3) is 0.409. The van der Waals surface area contributed by atoms with E-state index in [9.17, 15) is 4.79 Å². The van der Waals surface area contributed by atoms with Crippen LogP contribution in [0.5, 0.6) is 0 Å². The van der Waals surface area contributed by atoms with E-state index in [1.807, 2.05) is 55.6 Å². The lowest BCUT2D eigenvalue weighted by atomic mass is 9.98. The number of aromatic nitrogens is 3. The molecule has 3 aromatic rings. The van der Waals surface area contributed by atoms with Crippen LogP contribution in [-0.2, 0) is 17.9 Å². The predicted molar refractivity (Wildman–Crippen MR) is 110 cm³/mol. The van der Waals surface area contributed by atoms with Crippen molar-refractivity contribution in [2.45, 2.75) is 32.9 Å². The van der Waals surface area contributed by atoms with Crippen molar-refractivity contribution in [2.24, 2.45) is 5.92 Å². The fourth-order valence-electron chi connectivity index (χ4n) is 3.83. The first kappa shape index (κ1) is 19.4. The number of hydrogen-bond donors (Lipinski definition) is 1. The molecule has 2 aromatic heterocycles. The van der Waals surface area contributed by atoms with Gasteiger partial charge in [-0.1, -0.05) is 35.5 Å². The normalized spacial score (nSPS) is 17.3. The molecular formula is C22H27N5O2. The van der Waals surface area contributed by atoms with E-state index in [2.05, 4.69) is 20.5 Å². The van der Waals surface area contributed by atoms with Crippen LogP contribution in [0.4, 0.5) is 0 Å². The lowest BCUT2D eigenvalue weighted by molar-refractivity contribution is -0.122. The molecule has 0 bridgehead atoms. The van der Waals surface area contributed by atoms with Gasteiger partial charge in [0.05, 0.1) is 12.2 Å². The molecule has 1 N–H and O–H groups in total. The van der Waals surface area contributed by atoms with Gasteiger partial charge in [0.2, 0.25) is 5.91 Å². The highest BCUT2D eigenvalue weighted by Gasteiger charge is 2.22. The summed E-state index contributed by atoms with van der Waals surface area (Å²) in [7, 11) is 0. The topological polar surface area (TPSA) is 76.2 Å². The van der Waals surface area contributed by atoms with Gasteiger partial charge in [0.1, 0.15) is 12.2 Å². The highest BCUT2D eigenvalue weighted by molar-refractivity contribution is 5.75. The highest BCUT2D eigenvalue weighted by Crippen LogP contribution is 2.22. The Hall–Kier alpha value is -2.93. The van der Waals surface area contributed by atoms with Crippen LogP contribution in [0.15, 0.2) is 53.2 Å². The van der Waals surface area contributed by atoms with Crippen LogP contribution in [0, 0.1) is 12.8 Å². The molecule has 1 aliphatic rings. The Morgan fingerprint density at radius 3 is 2.93 bits per heavy atom. The second kappa shape index (κ2) is 9.05. The molecule has 3 heterocycles. The zero-order chi connectivity index (χ0) is 20.1. The van der Waals surface area contributed by atoms with Gasteiger partial charge >= 0.3 is 0 Å². The summed E-state index contributed by atoms with van der Waals surface area (Å²) in [6.07, 6.45) is 4.08. The molecule has 4 rings (SSSR count). The molecule has 7 heteroatoms. The molecule has 0 radical (unpaired) electrons. The van der Waals surface area contributed by atoms with Crippen LogP contribution < -0.4 is 5.32 Å². The molecule has 29 heavy (non-hydrogen) atoms. The molecular weight excluding hydrogens is 366 g/mol. The minimum Gasteiger partial charge on any atom is -0.359 e. The van der Waals surface area contributed by atoms with Crippen molar-refractivity contribution in [3.8, 4) is 11.3 Å². The van der Waals surface area contributed by atoms with Gasteiger partial charge in [-0.3, -0.25) is 14.4 Å². The molecule has 1 fully saturated rings. The molecule has 1 atom stereocenters. The van der Waals surface area contributed by atoms with Crippen LogP contribution in [0.2, 0.25) is 0 Å². The van der Waals surface area contributed by atoms with Gasteiger partial charge < -0.3 is 9.84 Å². The monoisotopic (exact) mass is 393 g/mol. The zero-order valence-corrected chi connectivity index (χ0v) is 16.8. The van der Waals surface area contributed by atoms with Crippen LogP contribution in [0.3, 0.4) is 0 Å². The number of nitrogens with zero attached hydrogens (tertiary/aromatic N) is 4. The molecule has 1 aromatic carbocycles. The fourth-order valence-corrected chi connectivity index (χ4v) is 3.83. The summed E-state index contributed by atoms with van der Waals surface area (Å²) in [4.78, 5) is 14.5. The van der Waals surface area contributed by atoms with Gasteiger partial charge in [-0.05, 0) is 38.3 Å². The maximum Gasteiger partial charge on any atom is 0.241 e. The summed E-state index contributed by atoms with van der Waals surface area (Å²) in [6.45, 7) is 5.62. The zero-order valence-electron chi connectivity index (χ0n) is 16.8. The van der Waals surface area contributed by atoms with E-state index in [1.165, 1.54) is 0 Å². The number of likely N-dealkylation sites (tertiary alicyclic amines) is 1. The second-order valence-electron chi connectivity index (χ2n) is 7.75. The van der Waals surface area contributed by atoms with E-state index in [4.69, 9.17) is 4.52 Å². The molecule has 1 unspecified atom stereocenters. The lowest BCUT2D eigenvalue weighted by Crippen LogP contribution is -2.41. The minimum atomic E-state index is 0.00737. The van der Waals surface area contributed by atoms with Crippen molar-refractivity contribution in [1.29, 1.82) is 0 Å². The summed E-state index contributed by atoms with van der Waals surface area (Å²) in [5, 5.41) is 11.5. The number of piperidine rings is 1. The van der Waals surface area contributed by atoms with E-state index in [0.717, 1.165) is 55.2 Å². The quantitative estimate of drug-likeness (QED) is 0.668. The first-order valence-electron chi connectivity index (χ1n) is 10.2.